The van der Waals surface area contributed by atoms with E-state index in [1.807, 2.05) is 32.0 Å². The number of halogens is 3. The van der Waals surface area contributed by atoms with Gasteiger partial charge in [0, 0.05) is 44.9 Å². The Morgan fingerprint density at radius 2 is 1.81 bits per heavy atom. The predicted octanol–water partition coefficient (Wildman–Crippen LogP) is 5.29. The van der Waals surface area contributed by atoms with E-state index in [0.717, 1.165) is 32.6 Å². The summed E-state index contributed by atoms with van der Waals surface area (Å²) in [7, 11) is 0. The molecule has 1 aromatic carbocycles. The summed E-state index contributed by atoms with van der Waals surface area (Å²) in [6.07, 6.45) is 0.674. The van der Waals surface area contributed by atoms with E-state index in [1.165, 1.54) is 12.1 Å². The quantitative estimate of drug-likeness (QED) is 0.615. The molecule has 2 heterocycles. The molecule has 3 rings (SSSR count). The number of hydrogen-bond acceptors (Lipinski definition) is 3. The zero-order valence-electron chi connectivity index (χ0n) is 14.4. The van der Waals surface area contributed by atoms with Crippen molar-refractivity contribution in [2.45, 2.75) is 26.8 Å². The lowest BCUT2D eigenvalue weighted by molar-refractivity contribution is 0.584. The van der Waals surface area contributed by atoms with Gasteiger partial charge in [-0.15, -0.1) is 23.7 Å². The number of hydrogen-bond donors (Lipinski definition) is 2. The van der Waals surface area contributed by atoms with Crippen LogP contribution >= 0.6 is 23.7 Å². The lowest BCUT2D eigenvalue weighted by Crippen LogP contribution is -2.13. The summed E-state index contributed by atoms with van der Waals surface area (Å²) in [5, 5.41) is 3.03. The van der Waals surface area contributed by atoms with Gasteiger partial charge in [-0.1, -0.05) is 6.92 Å². The molecule has 0 unspecified atom stereocenters. The molecule has 3 nitrogen and oxygen atoms in total. The first kappa shape index (κ1) is 20.1. The van der Waals surface area contributed by atoms with E-state index < -0.39 is 11.6 Å². The normalized spacial score (nSPS) is 10.5. The second-order valence-corrected chi connectivity index (χ2v) is 6.96. The Balaban J connectivity index is 0.00000243. The van der Waals surface area contributed by atoms with Crippen LogP contribution in [0.4, 0.5) is 14.5 Å². The molecule has 0 aliphatic carbocycles. The van der Waals surface area contributed by atoms with Crippen molar-refractivity contribution in [1.29, 1.82) is 0 Å². The summed E-state index contributed by atoms with van der Waals surface area (Å²) in [6, 6.07) is 9.26. The van der Waals surface area contributed by atoms with Crippen molar-refractivity contribution in [3.63, 3.8) is 0 Å². The summed E-state index contributed by atoms with van der Waals surface area (Å²) in [6.45, 7) is 4.30. The predicted molar refractivity (Wildman–Crippen MR) is 105 cm³/mol. The van der Waals surface area contributed by atoms with Gasteiger partial charge in [0.05, 0.1) is 0 Å². The molecular formula is C19H19ClF2N2OS. The van der Waals surface area contributed by atoms with Crippen molar-refractivity contribution in [3.8, 4) is 10.4 Å². The van der Waals surface area contributed by atoms with Gasteiger partial charge in [0.2, 0.25) is 0 Å². The number of H-pyrrole nitrogens is 1. The summed E-state index contributed by atoms with van der Waals surface area (Å²) in [5.41, 5.74) is 2.94. The SMILES string of the molecule is CCc1cc(-c2ccc(CNc3cc(F)cc(F)c3)s2)c(C)[nH]c1=O.Cl. The number of thiophene rings is 1. The fraction of sp³-hybridized carbons (Fsp3) is 0.211. The van der Waals surface area contributed by atoms with E-state index in [2.05, 4.69) is 10.3 Å². The summed E-state index contributed by atoms with van der Waals surface area (Å²) in [5.74, 6) is -1.21. The maximum atomic E-state index is 13.2. The van der Waals surface area contributed by atoms with Crippen molar-refractivity contribution in [2.24, 2.45) is 0 Å². The number of aromatic nitrogens is 1. The number of aromatic amines is 1. The Hall–Kier alpha value is -2.18. The van der Waals surface area contributed by atoms with Gasteiger partial charge >= 0.3 is 0 Å². The first-order valence-electron chi connectivity index (χ1n) is 7.98. The summed E-state index contributed by atoms with van der Waals surface area (Å²) >= 11 is 1.58. The number of aryl methyl sites for hydroxylation is 2. The van der Waals surface area contributed by atoms with Crippen LogP contribution in [0.3, 0.4) is 0 Å². The maximum absolute atomic E-state index is 13.2. The number of rotatable bonds is 5. The molecular weight excluding hydrogens is 378 g/mol. The highest BCUT2D eigenvalue weighted by Crippen LogP contribution is 2.30. The zero-order chi connectivity index (χ0) is 18.0. The van der Waals surface area contributed by atoms with Crippen molar-refractivity contribution in [3.05, 3.63) is 74.5 Å². The van der Waals surface area contributed by atoms with Gasteiger partial charge in [0.25, 0.3) is 5.56 Å². The summed E-state index contributed by atoms with van der Waals surface area (Å²) in [4.78, 5) is 16.8. The molecule has 2 aromatic heterocycles. The first-order valence-corrected chi connectivity index (χ1v) is 8.79. The number of benzene rings is 1. The standard InChI is InChI=1S/C19H18F2N2OS.ClH/c1-3-12-6-17(11(2)23-19(12)24)18-5-4-16(25-18)10-22-15-8-13(20)7-14(21)9-15;/h4-9,22H,3,10H2,1-2H3,(H,23,24);1H. The molecule has 0 amide bonds. The van der Waals surface area contributed by atoms with E-state index in [4.69, 9.17) is 0 Å². The molecule has 0 fully saturated rings. The molecule has 2 N–H and O–H groups in total. The zero-order valence-corrected chi connectivity index (χ0v) is 16.0. The highest BCUT2D eigenvalue weighted by molar-refractivity contribution is 7.15. The molecule has 7 heteroatoms. The molecule has 0 saturated heterocycles. The average Bonchev–Trinajstić information content (AvgIpc) is 3.01. The molecule has 0 aliphatic rings. The minimum atomic E-state index is -0.606. The Morgan fingerprint density at radius 1 is 1.12 bits per heavy atom. The molecule has 0 radical (unpaired) electrons. The van der Waals surface area contributed by atoms with E-state index in [9.17, 15) is 13.6 Å². The molecule has 0 spiro atoms. The second kappa shape index (κ2) is 8.47. The molecule has 0 saturated carbocycles. The third-order valence-electron chi connectivity index (χ3n) is 3.95. The number of anilines is 1. The molecule has 138 valence electrons. The summed E-state index contributed by atoms with van der Waals surface area (Å²) < 4.78 is 26.4. The van der Waals surface area contributed by atoms with Crippen molar-refractivity contribution >= 4 is 29.4 Å². The van der Waals surface area contributed by atoms with Gasteiger partial charge in [0.1, 0.15) is 11.6 Å². The van der Waals surface area contributed by atoms with Crippen molar-refractivity contribution in [2.75, 3.05) is 5.32 Å². The number of nitrogens with one attached hydrogen (secondary N) is 2. The minimum absolute atomic E-state index is 0. The fourth-order valence-electron chi connectivity index (χ4n) is 2.65. The Morgan fingerprint density at radius 3 is 2.46 bits per heavy atom. The third-order valence-corrected chi connectivity index (χ3v) is 5.07. The van der Waals surface area contributed by atoms with Crippen LogP contribution in [0.25, 0.3) is 10.4 Å². The largest absolute Gasteiger partial charge is 0.380 e. The minimum Gasteiger partial charge on any atom is -0.380 e. The van der Waals surface area contributed by atoms with Crippen molar-refractivity contribution in [1.82, 2.24) is 4.98 Å². The maximum Gasteiger partial charge on any atom is 0.251 e. The Kier molecular flexibility index (Phi) is 6.56. The van der Waals surface area contributed by atoms with Crippen LogP contribution in [-0.2, 0) is 13.0 Å². The van der Waals surface area contributed by atoms with E-state index in [1.54, 1.807) is 11.3 Å². The van der Waals surface area contributed by atoms with E-state index in [-0.39, 0.29) is 18.0 Å². The van der Waals surface area contributed by atoms with Gasteiger partial charge < -0.3 is 10.3 Å². The molecule has 0 bridgehead atoms. The monoisotopic (exact) mass is 396 g/mol. The topological polar surface area (TPSA) is 44.9 Å². The van der Waals surface area contributed by atoms with Crippen LogP contribution in [0, 0.1) is 18.6 Å². The van der Waals surface area contributed by atoms with Crippen LogP contribution in [-0.4, -0.2) is 4.98 Å². The van der Waals surface area contributed by atoms with E-state index in [0.29, 0.717) is 18.7 Å². The lowest BCUT2D eigenvalue weighted by Gasteiger charge is -2.06. The van der Waals surface area contributed by atoms with Gasteiger partial charge in [-0.25, -0.2) is 8.78 Å². The van der Waals surface area contributed by atoms with Gasteiger partial charge in [-0.05, 0) is 43.7 Å². The van der Waals surface area contributed by atoms with Gasteiger partial charge in [-0.2, -0.15) is 0 Å². The first-order chi connectivity index (χ1) is 12.0. The molecule has 0 aliphatic heterocycles. The average molecular weight is 397 g/mol. The van der Waals surface area contributed by atoms with E-state index >= 15 is 0 Å². The second-order valence-electron chi connectivity index (χ2n) is 5.79. The van der Waals surface area contributed by atoms with Gasteiger partial charge in [0.15, 0.2) is 0 Å². The smallest absolute Gasteiger partial charge is 0.251 e. The lowest BCUT2D eigenvalue weighted by atomic mass is 10.1. The van der Waals surface area contributed by atoms with Gasteiger partial charge in [-0.3, -0.25) is 4.79 Å². The molecule has 26 heavy (non-hydrogen) atoms. The van der Waals surface area contributed by atoms with Crippen LogP contribution in [0.2, 0.25) is 0 Å². The van der Waals surface area contributed by atoms with Crippen molar-refractivity contribution < 1.29 is 8.78 Å². The Labute approximate surface area is 160 Å². The molecule has 3 aromatic rings. The van der Waals surface area contributed by atoms with Crippen LogP contribution in [0.1, 0.15) is 23.1 Å². The highest BCUT2D eigenvalue weighted by atomic mass is 35.5. The molecule has 0 atom stereocenters. The highest BCUT2D eigenvalue weighted by Gasteiger charge is 2.10. The van der Waals surface area contributed by atoms with Crippen LogP contribution in [0.5, 0.6) is 0 Å². The van der Waals surface area contributed by atoms with Crippen LogP contribution < -0.4 is 10.9 Å². The number of pyridine rings is 1. The fourth-order valence-corrected chi connectivity index (χ4v) is 3.67. The Bertz CT molecular complexity index is 948. The third kappa shape index (κ3) is 4.51. The van der Waals surface area contributed by atoms with Crippen LogP contribution in [0.15, 0.2) is 41.2 Å².